The van der Waals surface area contributed by atoms with Crippen molar-refractivity contribution in [1.82, 2.24) is 28.2 Å². The van der Waals surface area contributed by atoms with Crippen molar-refractivity contribution in [3.8, 4) is 11.4 Å². The molecule has 0 saturated carbocycles. The topological polar surface area (TPSA) is 88.9 Å². The van der Waals surface area contributed by atoms with Gasteiger partial charge in [-0.3, -0.25) is 18.5 Å². The largest absolute Gasteiger partial charge is 0.497 e. The third kappa shape index (κ3) is 3.54. The molecule has 0 N–H and O–H groups in total. The summed E-state index contributed by atoms with van der Waals surface area (Å²) in [5.41, 5.74) is 1.13. The molecule has 0 aliphatic heterocycles. The van der Waals surface area contributed by atoms with E-state index in [9.17, 15) is 9.59 Å². The van der Waals surface area contributed by atoms with Gasteiger partial charge in [0, 0.05) is 44.9 Å². The van der Waals surface area contributed by atoms with Gasteiger partial charge in [0.25, 0.3) is 5.56 Å². The molecule has 0 unspecified atom stereocenters. The van der Waals surface area contributed by atoms with E-state index in [4.69, 9.17) is 4.74 Å². The maximum atomic E-state index is 12.8. The number of aromatic nitrogens is 6. The van der Waals surface area contributed by atoms with Gasteiger partial charge < -0.3 is 9.30 Å². The fourth-order valence-corrected chi connectivity index (χ4v) is 4.23. The Balaban J connectivity index is 1.48. The van der Waals surface area contributed by atoms with Crippen molar-refractivity contribution >= 4 is 22.9 Å². The zero-order chi connectivity index (χ0) is 21.3. The van der Waals surface area contributed by atoms with E-state index in [2.05, 4.69) is 9.97 Å². The summed E-state index contributed by atoms with van der Waals surface area (Å²) in [6.45, 7) is 0.333. The fraction of sp³-hybridized carbons (Fsp3) is 0.300. The molecule has 0 atom stereocenters. The number of methoxy groups -OCH3 is 1. The second kappa shape index (κ2) is 8.23. The molecule has 3 heterocycles. The zero-order valence-corrected chi connectivity index (χ0v) is 17.8. The van der Waals surface area contributed by atoms with E-state index in [1.54, 1.807) is 50.1 Å². The summed E-state index contributed by atoms with van der Waals surface area (Å²) in [6, 6.07) is 7.75. The first-order chi connectivity index (χ1) is 14.5. The van der Waals surface area contributed by atoms with Crippen molar-refractivity contribution in [3.05, 3.63) is 63.8 Å². The van der Waals surface area contributed by atoms with Crippen LogP contribution in [0.4, 0.5) is 0 Å². The number of fused-ring (bicyclic) bond motifs is 1. The van der Waals surface area contributed by atoms with Crippen LogP contribution in [-0.2, 0) is 20.6 Å². The summed E-state index contributed by atoms with van der Waals surface area (Å²) in [5.74, 6) is 1.48. The van der Waals surface area contributed by atoms with E-state index in [1.165, 1.54) is 9.13 Å². The van der Waals surface area contributed by atoms with Crippen LogP contribution in [0.25, 0.3) is 16.9 Å². The lowest BCUT2D eigenvalue weighted by Gasteiger charge is -2.10. The van der Waals surface area contributed by atoms with Crippen LogP contribution < -0.4 is 16.0 Å². The van der Waals surface area contributed by atoms with Gasteiger partial charge in [-0.15, -0.1) is 0 Å². The van der Waals surface area contributed by atoms with Crippen LogP contribution >= 0.6 is 11.8 Å². The predicted octanol–water partition coefficient (Wildman–Crippen LogP) is 1.81. The van der Waals surface area contributed by atoms with Crippen molar-refractivity contribution in [2.45, 2.75) is 18.1 Å². The molecular weight excluding hydrogens is 404 g/mol. The first-order valence-electron chi connectivity index (χ1n) is 9.42. The van der Waals surface area contributed by atoms with Crippen LogP contribution in [0.5, 0.6) is 5.75 Å². The maximum Gasteiger partial charge on any atom is 0.332 e. The average molecular weight is 427 g/mol. The van der Waals surface area contributed by atoms with E-state index in [1.807, 2.05) is 35.0 Å². The first kappa shape index (κ1) is 20.0. The predicted molar refractivity (Wildman–Crippen MR) is 116 cm³/mol. The van der Waals surface area contributed by atoms with Gasteiger partial charge in [0.05, 0.1) is 19.1 Å². The van der Waals surface area contributed by atoms with Gasteiger partial charge in [0.1, 0.15) is 5.75 Å². The number of imidazole rings is 2. The zero-order valence-electron chi connectivity index (χ0n) is 17.0. The summed E-state index contributed by atoms with van der Waals surface area (Å²) in [6.07, 6.45) is 5.84. The number of nitrogens with zero attached hydrogens (tertiary/aromatic N) is 6. The number of benzene rings is 1. The Morgan fingerprint density at radius 3 is 2.80 bits per heavy atom. The SMILES string of the molecule is COc1cccc(-n2ccnc2SCCCn2c(=O)c3c(ncn3C)n(C)c2=O)c1. The van der Waals surface area contributed by atoms with Crippen molar-refractivity contribution in [2.75, 3.05) is 12.9 Å². The van der Waals surface area contributed by atoms with E-state index in [-0.39, 0.29) is 11.2 Å². The molecule has 0 bridgehead atoms. The lowest BCUT2D eigenvalue weighted by atomic mass is 10.3. The molecule has 4 aromatic rings. The highest BCUT2D eigenvalue weighted by molar-refractivity contribution is 7.99. The van der Waals surface area contributed by atoms with Gasteiger partial charge in [0.2, 0.25) is 0 Å². The molecule has 0 aliphatic carbocycles. The molecule has 0 spiro atoms. The van der Waals surface area contributed by atoms with Crippen LogP contribution in [0.15, 0.2) is 57.7 Å². The number of aryl methyl sites for hydroxylation is 2. The van der Waals surface area contributed by atoms with Crippen LogP contribution in [0.2, 0.25) is 0 Å². The third-order valence-corrected chi connectivity index (χ3v) is 5.95. The molecular formula is C20H22N6O3S. The van der Waals surface area contributed by atoms with Crippen LogP contribution in [0, 0.1) is 0 Å². The highest BCUT2D eigenvalue weighted by Gasteiger charge is 2.15. The normalized spacial score (nSPS) is 11.3. The summed E-state index contributed by atoms with van der Waals surface area (Å²) >= 11 is 1.57. The molecule has 0 fully saturated rings. The summed E-state index contributed by atoms with van der Waals surface area (Å²) in [4.78, 5) is 33.9. The van der Waals surface area contributed by atoms with E-state index < -0.39 is 0 Å². The fourth-order valence-electron chi connectivity index (χ4n) is 3.33. The minimum atomic E-state index is -0.353. The molecule has 0 amide bonds. The quantitative estimate of drug-likeness (QED) is 0.331. The molecule has 0 radical (unpaired) electrons. The number of thioether (sulfide) groups is 1. The van der Waals surface area contributed by atoms with Crippen LogP contribution in [0.1, 0.15) is 6.42 Å². The van der Waals surface area contributed by atoms with Crippen molar-refractivity contribution < 1.29 is 4.74 Å². The number of hydrogen-bond donors (Lipinski definition) is 0. The van der Waals surface area contributed by atoms with Crippen LogP contribution in [-0.4, -0.2) is 41.1 Å². The van der Waals surface area contributed by atoms with E-state index >= 15 is 0 Å². The smallest absolute Gasteiger partial charge is 0.332 e. The molecule has 156 valence electrons. The van der Waals surface area contributed by atoms with Crippen molar-refractivity contribution in [3.63, 3.8) is 0 Å². The molecule has 1 aromatic carbocycles. The van der Waals surface area contributed by atoms with Crippen molar-refractivity contribution in [1.29, 1.82) is 0 Å². The lowest BCUT2D eigenvalue weighted by Crippen LogP contribution is -2.39. The van der Waals surface area contributed by atoms with E-state index in [0.29, 0.717) is 29.9 Å². The van der Waals surface area contributed by atoms with Gasteiger partial charge in [0.15, 0.2) is 16.3 Å². The monoisotopic (exact) mass is 426 g/mol. The van der Waals surface area contributed by atoms with Gasteiger partial charge in [-0.2, -0.15) is 0 Å². The Bertz CT molecular complexity index is 1320. The second-order valence-corrected chi connectivity index (χ2v) is 7.87. The summed E-state index contributed by atoms with van der Waals surface area (Å²) < 4.78 is 11.6. The third-order valence-electron chi connectivity index (χ3n) is 4.90. The minimum Gasteiger partial charge on any atom is -0.497 e. The molecule has 4 rings (SSSR count). The summed E-state index contributed by atoms with van der Waals surface area (Å²) in [7, 11) is 5.02. The number of ether oxygens (including phenoxy) is 1. The molecule has 3 aromatic heterocycles. The average Bonchev–Trinajstić information content (AvgIpc) is 3.38. The standard InChI is InChI=1S/C20H22N6O3S/c1-23-13-22-17-16(23)18(27)26(20(28)24(17)2)9-5-11-30-19-21-8-10-25(19)14-6-4-7-15(12-14)29-3/h4,6-8,10,12-13H,5,9,11H2,1-3H3. The second-order valence-electron chi connectivity index (χ2n) is 6.81. The number of hydrogen-bond acceptors (Lipinski definition) is 6. The van der Waals surface area contributed by atoms with Gasteiger partial charge in [-0.1, -0.05) is 17.8 Å². The van der Waals surface area contributed by atoms with Crippen LogP contribution in [0.3, 0.4) is 0 Å². The molecule has 9 nitrogen and oxygen atoms in total. The highest BCUT2D eigenvalue weighted by Crippen LogP contribution is 2.23. The first-order valence-corrected chi connectivity index (χ1v) is 10.4. The molecule has 30 heavy (non-hydrogen) atoms. The Morgan fingerprint density at radius 1 is 1.17 bits per heavy atom. The Hall–Kier alpha value is -3.27. The van der Waals surface area contributed by atoms with Gasteiger partial charge in [-0.05, 0) is 18.6 Å². The number of rotatable bonds is 7. The van der Waals surface area contributed by atoms with Gasteiger partial charge >= 0.3 is 5.69 Å². The van der Waals surface area contributed by atoms with Gasteiger partial charge in [-0.25, -0.2) is 14.8 Å². The molecule has 10 heteroatoms. The highest BCUT2D eigenvalue weighted by atomic mass is 32.2. The van der Waals surface area contributed by atoms with Crippen molar-refractivity contribution in [2.24, 2.45) is 14.1 Å². The maximum absolute atomic E-state index is 12.8. The van der Waals surface area contributed by atoms with E-state index in [0.717, 1.165) is 16.6 Å². The molecule has 0 saturated heterocycles. The minimum absolute atomic E-state index is 0.309. The Kier molecular flexibility index (Phi) is 5.49. The molecule has 0 aliphatic rings. The Labute approximate surface area is 176 Å². The summed E-state index contributed by atoms with van der Waals surface area (Å²) in [5, 5.41) is 0.839. The Morgan fingerprint density at radius 2 is 2.00 bits per heavy atom. The lowest BCUT2D eigenvalue weighted by molar-refractivity contribution is 0.414.